The molecule has 26 heavy (non-hydrogen) atoms. The quantitative estimate of drug-likeness (QED) is 0.848. The van der Waals surface area contributed by atoms with Crippen LogP contribution >= 0.6 is 11.6 Å². The van der Waals surface area contributed by atoms with E-state index in [0.717, 1.165) is 32.5 Å². The van der Waals surface area contributed by atoms with E-state index >= 15 is 0 Å². The Morgan fingerprint density at radius 2 is 2.12 bits per heavy atom. The molecule has 2 aliphatic rings. The average molecular weight is 385 g/mol. The predicted molar refractivity (Wildman–Crippen MR) is 98.2 cm³/mol. The van der Waals surface area contributed by atoms with Gasteiger partial charge < -0.3 is 19.7 Å². The molecule has 7 heteroatoms. The van der Waals surface area contributed by atoms with Crippen LogP contribution in [0, 0.1) is 18.7 Å². The predicted octanol–water partition coefficient (Wildman–Crippen LogP) is 2.64. The fourth-order valence-corrected chi connectivity index (χ4v) is 3.73. The Balaban J connectivity index is 1.44. The van der Waals surface area contributed by atoms with E-state index in [1.165, 1.54) is 6.07 Å². The molecule has 2 saturated heterocycles. The molecule has 0 aromatic heterocycles. The number of halogens is 2. The molecule has 1 atom stereocenters. The largest absolute Gasteiger partial charge is 0.376 e. The fourth-order valence-electron chi connectivity index (χ4n) is 3.49. The molecule has 0 saturated carbocycles. The molecule has 1 N–H and O–H groups in total. The second kappa shape index (κ2) is 9.13. The lowest BCUT2D eigenvalue weighted by Gasteiger charge is -2.35. The molecule has 2 heterocycles. The van der Waals surface area contributed by atoms with Crippen LogP contribution in [0.15, 0.2) is 12.1 Å². The zero-order valence-electron chi connectivity index (χ0n) is 15.1. The van der Waals surface area contributed by atoms with E-state index in [2.05, 4.69) is 10.2 Å². The molecule has 3 rings (SSSR count). The summed E-state index contributed by atoms with van der Waals surface area (Å²) in [7, 11) is 0. The van der Waals surface area contributed by atoms with Gasteiger partial charge in [0.05, 0.1) is 36.5 Å². The summed E-state index contributed by atoms with van der Waals surface area (Å²) < 4.78 is 25.1. The van der Waals surface area contributed by atoms with Gasteiger partial charge in [0.25, 0.3) is 5.91 Å². The van der Waals surface area contributed by atoms with E-state index in [9.17, 15) is 9.18 Å². The van der Waals surface area contributed by atoms with Crippen molar-refractivity contribution in [1.82, 2.24) is 10.2 Å². The van der Waals surface area contributed by atoms with Crippen molar-refractivity contribution < 1.29 is 18.7 Å². The third-order valence-electron chi connectivity index (χ3n) is 5.12. The monoisotopic (exact) mass is 384 g/mol. The molecule has 1 aromatic carbocycles. The van der Waals surface area contributed by atoms with E-state index in [4.69, 9.17) is 21.1 Å². The van der Waals surface area contributed by atoms with Crippen molar-refractivity contribution in [2.75, 3.05) is 46.0 Å². The number of amides is 1. The van der Waals surface area contributed by atoms with Crippen LogP contribution in [0.4, 0.5) is 4.39 Å². The lowest BCUT2D eigenvalue weighted by molar-refractivity contribution is -0.0992. The number of aryl methyl sites for hydroxylation is 1. The topological polar surface area (TPSA) is 50.8 Å². The number of hydrogen-bond donors (Lipinski definition) is 1. The first-order valence-corrected chi connectivity index (χ1v) is 9.57. The number of ether oxygens (including phenoxy) is 2. The third kappa shape index (κ3) is 4.94. The zero-order chi connectivity index (χ0) is 18.5. The number of nitrogens with zero attached hydrogens (tertiary/aromatic N) is 1. The highest BCUT2D eigenvalue weighted by atomic mass is 35.5. The van der Waals surface area contributed by atoms with Crippen molar-refractivity contribution in [1.29, 1.82) is 0 Å². The average Bonchev–Trinajstić information content (AvgIpc) is 2.65. The minimum atomic E-state index is -0.581. The Kier molecular flexibility index (Phi) is 6.86. The minimum Gasteiger partial charge on any atom is -0.376 e. The van der Waals surface area contributed by atoms with Gasteiger partial charge in [-0.25, -0.2) is 4.39 Å². The van der Waals surface area contributed by atoms with Gasteiger partial charge in [-0.05, 0) is 50.4 Å². The van der Waals surface area contributed by atoms with Crippen molar-refractivity contribution >= 4 is 17.5 Å². The second-order valence-electron chi connectivity index (χ2n) is 7.07. The summed E-state index contributed by atoms with van der Waals surface area (Å²) in [6.45, 7) is 7.16. The Bertz CT molecular complexity index is 629. The van der Waals surface area contributed by atoms with Crippen LogP contribution in [-0.4, -0.2) is 62.9 Å². The summed E-state index contributed by atoms with van der Waals surface area (Å²) in [6, 6.07) is 2.86. The van der Waals surface area contributed by atoms with Crippen LogP contribution in [-0.2, 0) is 9.47 Å². The molecule has 0 aliphatic carbocycles. The summed E-state index contributed by atoms with van der Waals surface area (Å²) in [6.07, 6.45) is 2.15. The maximum absolute atomic E-state index is 13.9. The molecule has 1 unspecified atom stereocenters. The van der Waals surface area contributed by atoms with Crippen molar-refractivity contribution in [2.24, 2.45) is 5.92 Å². The summed E-state index contributed by atoms with van der Waals surface area (Å²) in [5, 5.41) is 3.03. The molecule has 1 aromatic rings. The Morgan fingerprint density at radius 1 is 1.35 bits per heavy atom. The molecule has 2 aliphatic heterocycles. The molecular formula is C19H26ClFN2O3. The smallest absolute Gasteiger partial charge is 0.255 e. The number of nitrogens with one attached hydrogen (secondary N) is 1. The van der Waals surface area contributed by atoms with E-state index in [-0.39, 0.29) is 16.7 Å². The fraction of sp³-hybridized carbons (Fsp3) is 0.632. The lowest BCUT2D eigenvalue weighted by Crippen LogP contribution is -2.44. The van der Waals surface area contributed by atoms with Crippen LogP contribution in [0.25, 0.3) is 0 Å². The third-order valence-corrected chi connectivity index (χ3v) is 5.60. The minimum absolute atomic E-state index is 0.0569. The van der Waals surface area contributed by atoms with Gasteiger partial charge in [0.1, 0.15) is 5.82 Å². The molecule has 0 bridgehead atoms. The molecule has 1 amide bonds. The maximum Gasteiger partial charge on any atom is 0.255 e. The van der Waals surface area contributed by atoms with E-state index in [1.54, 1.807) is 13.0 Å². The van der Waals surface area contributed by atoms with Crippen LogP contribution in [0.2, 0.25) is 5.02 Å². The van der Waals surface area contributed by atoms with Gasteiger partial charge in [-0.2, -0.15) is 0 Å². The van der Waals surface area contributed by atoms with E-state index in [1.807, 2.05) is 0 Å². The van der Waals surface area contributed by atoms with Gasteiger partial charge >= 0.3 is 0 Å². The normalized spacial score (nSPS) is 22.3. The number of carbonyl (C=O) groups is 1. The molecule has 5 nitrogen and oxygen atoms in total. The van der Waals surface area contributed by atoms with Crippen molar-refractivity contribution in [3.05, 3.63) is 34.1 Å². The van der Waals surface area contributed by atoms with Crippen molar-refractivity contribution in [3.8, 4) is 0 Å². The highest BCUT2D eigenvalue weighted by Crippen LogP contribution is 2.24. The highest BCUT2D eigenvalue weighted by Gasteiger charge is 2.24. The van der Waals surface area contributed by atoms with Gasteiger partial charge in [0.2, 0.25) is 0 Å². The summed E-state index contributed by atoms with van der Waals surface area (Å²) in [5.74, 6) is -0.626. The lowest BCUT2D eigenvalue weighted by atomic mass is 9.96. The van der Waals surface area contributed by atoms with Crippen molar-refractivity contribution in [3.63, 3.8) is 0 Å². The first-order chi connectivity index (χ1) is 12.5. The summed E-state index contributed by atoms with van der Waals surface area (Å²) in [5.41, 5.74) is 0.638. The van der Waals surface area contributed by atoms with Crippen LogP contribution in [0.1, 0.15) is 28.8 Å². The maximum atomic E-state index is 13.9. The summed E-state index contributed by atoms with van der Waals surface area (Å²) in [4.78, 5) is 14.7. The van der Waals surface area contributed by atoms with Crippen LogP contribution in [0.3, 0.4) is 0 Å². The number of carbonyl (C=O) groups excluding carboxylic acids is 1. The van der Waals surface area contributed by atoms with Crippen LogP contribution < -0.4 is 5.32 Å². The number of hydrogen-bond acceptors (Lipinski definition) is 4. The van der Waals surface area contributed by atoms with Crippen LogP contribution in [0.5, 0.6) is 0 Å². The van der Waals surface area contributed by atoms with E-state index in [0.29, 0.717) is 37.8 Å². The SMILES string of the molecule is Cc1ccc(F)c(C(=O)NCC2CCN(CC3COCCO3)CC2)c1Cl. The molecule has 0 spiro atoms. The Labute approximate surface area is 158 Å². The Hall–Kier alpha value is -1.21. The number of likely N-dealkylation sites (tertiary alicyclic amines) is 1. The van der Waals surface area contributed by atoms with Gasteiger partial charge in [0, 0.05) is 13.1 Å². The highest BCUT2D eigenvalue weighted by molar-refractivity contribution is 6.34. The van der Waals surface area contributed by atoms with Gasteiger partial charge in [-0.15, -0.1) is 0 Å². The number of rotatable bonds is 5. The molecule has 2 fully saturated rings. The van der Waals surface area contributed by atoms with Gasteiger partial charge in [-0.3, -0.25) is 4.79 Å². The van der Waals surface area contributed by atoms with Gasteiger partial charge in [0.15, 0.2) is 0 Å². The zero-order valence-corrected chi connectivity index (χ0v) is 15.9. The molecular weight excluding hydrogens is 359 g/mol. The van der Waals surface area contributed by atoms with E-state index < -0.39 is 11.7 Å². The number of piperidine rings is 1. The summed E-state index contributed by atoms with van der Waals surface area (Å²) >= 11 is 6.10. The standard InChI is InChI=1S/C19H26ClFN2O3/c1-13-2-3-16(21)17(18(13)20)19(24)22-10-14-4-6-23(7-5-14)11-15-12-25-8-9-26-15/h2-3,14-15H,4-12H2,1H3,(H,22,24). The first-order valence-electron chi connectivity index (χ1n) is 9.19. The Morgan fingerprint density at radius 3 is 2.81 bits per heavy atom. The van der Waals surface area contributed by atoms with Gasteiger partial charge in [-0.1, -0.05) is 17.7 Å². The van der Waals surface area contributed by atoms with Crippen molar-refractivity contribution in [2.45, 2.75) is 25.9 Å². The molecule has 144 valence electrons. The second-order valence-corrected chi connectivity index (χ2v) is 7.45. The number of benzene rings is 1. The molecule has 0 radical (unpaired) electrons. The first kappa shape index (κ1) is 19.5.